The number of aryl methyl sites for hydroxylation is 1. The number of carbonyl (C=O) groups excluding carboxylic acids is 1. The fraction of sp³-hybridized carbons (Fsp3) is 0.207. The first kappa shape index (κ1) is 22.6. The zero-order valence-electron chi connectivity index (χ0n) is 19.8. The standard InChI is InChI=1S/C29H27N3O3/c1-3-34-29(33)26-25(20-10-6-4-7-11-20)27(21-12-8-5-9-13-21)31-32-28(26)30-23-16-17-35-24-15-14-19(2)18-22(23)24/h4-15,18,23H,3,16-17H2,1-2H3,(H,30,32). The summed E-state index contributed by atoms with van der Waals surface area (Å²) in [6.45, 7) is 4.69. The molecule has 1 aromatic heterocycles. The van der Waals surface area contributed by atoms with Gasteiger partial charge >= 0.3 is 5.97 Å². The van der Waals surface area contributed by atoms with Crippen LogP contribution in [0.1, 0.15) is 40.9 Å². The summed E-state index contributed by atoms with van der Waals surface area (Å²) in [6.07, 6.45) is 0.738. The van der Waals surface area contributed by atoms with E-state index in [1.807, 2.05) is 72.8 Å². The van der Waals surface area contributed by atoms with Crippen LogP contribution in [-0.4, -0.2) is 29.4 Å². The first-order valence-electron chi connectivity index (χ1n) is 11.8. The molecule has 1 unspecified atom stereocenters. The van der Waals surface area contributed by atoms with Crippen LogP contribution in [0.2, 0.25) is 0 Å². The van der Waals surface area contributed by atoms with Crippen LogP contribution in [0.25, 0.3) is 22.4 Å². The summed E-state index contributed by atoms with van der Waals surface area (Å²) in [7, 11) is 0. The third kappa shape index (κ3) is 4.60. The van der Waals surface area contributed by atoms with Crippen molar-refractivity contribution < 1.29 is 14.3 Å². The van der Waals surface area contributed by atoms with Gasteiger partial charge in [-0.2, -0.15) is 0 Å². The molecular formula is C29H27N3O3. The highest BCUT2D eigenvalue weighted by Crippen LogP contribution is 2.39. The van der Waals surface area contributed by atoms with Gasteiger partial charge in [0, 0.05) is 23.1 Å². The second kappa shape index (κ2) is 9.97. The summed E-state index contributed by atoms with van der Waals surface area (Å²) in [5.74, 6) is 0.813. The molecule has 0 amide bonds. The Bertz CT molecular complexity index is 1340. The molecule has 2 heterocycles. The molecular weight excluding hydrogens is 438 g/mol. The Morgan fingerprint density at radius 1 is 1.00 bits per heavy atom. The minimum atomic E-state index is -0.433. The van der Waals surface area contributed by atoms with Gasteiger partial charge in [-0.15, -0.1) is 10.2 Å². The number of ether oxygens (including phenoxy) is 2. The first-order valence-corrected chi connectivity index (χ1v) is 11.8. The second-order valence-electron chi connectivity index (χ2n) is 8.48. The molecule has 0 bridgehead atoms. The lowest BCUT2D eigenvalue weighted by Gasteiger charge is -2.28. The normalized spacial score (nSPS) is 14.5. The fourth-order valence-electron chi connectivity index (χ4n) is 4.45. The summed E-state index contributed by atoms with van der Waals surface area (Å²) < 4.78 is 11.4. The number of nitrogens with one attached hydrogen (secondary N) is 1. The monoisotopic (exact) mass is 465 g/mol. The number of carbonyl (C=O) groups is 1. The largest absolute Gasteiger partial charge is 0.493 e. The van der Waals surface area contributed by atoms with Gasteiger partial charge in [-0.05, 0) is 25.5 Å². The van der Waals surface area contributed by atoms with E-state index < -0.39 is 5.97 Å². The van der Waals surface area contributed by atoms with Crippen LogP contribution in [0.15, 0.2) is 78.9 Å². The van der Waals surface area contributed by atoms with E-state index in [0.29, 0.717) is 29.2 Å². The SMILES string of the molecule is CCOC(=O)c1c(NC2CCOc3ccc(C)cc32)nnc(-c2ccccc2)c1-c1ccccc1. The number of anilines is 1. The highest BCUT2D eigenvalue weighted by Gasteiger charge is 2.29. The Hall–Kier alpha value is -4.19. The smallest absolute Gasteiger partial charge is 0.342 e. The van der Waals surface area contributed by atoms with Gasteiger partial charge < -0.3 is 14.8 Å². The fourth-order valence-corrected chi connectivity index (χ4v) is 4.45. The Morgan fingerprint density at radius 3 is 2.43 bits per heavy atom. The van der Waals surface area contributed by atoms with E-state index in [9.17, 15) is 4.79 Å². The minimum absolute atomic E-state index is 0.0766. The highest BCUT2D eigenvalue weighted by atomic mass is 16.5. The lowest BCUT2D eigenvalue weighted by atomic mass is 9.94. The molecule has 35 heavy (non-hydrogen) atoms. The summed E-state index contributed by atoms with van der Waals surface area (Å²) in [6, 6.07) is 25.6. The molecule has 0 spiro atoms. The third-order valence-electron chi connectivity index (χ3n) is 6.08. The predicted octanol–water partition coefficient (Wildman–Crippen LogP) is 6.23. The average molecular weight is 466 g/mol. The van der Waals surface area contributed by atoms with Crippen LogP contribution in [0.3, 0.4) is 0 Å². The lowest BCUT2D eigenvalue weighted by Crippen LogP contribution is -2.23. The molecule has 0 saturated carbocycles. The Kier molecular flexibility index (Phi) is 6.44. The number of benzene rings is 3. The molecule has 0 fully saturated rings. The zero-order valence-corrected chi connectivity index (χ0v) is 19.8. The summed E-state index contributed by atoms with van der Waals surface area (Å²) in [4.78, 5) is 13.4. The zero-order chi connectivity index (χ0) is 24.2. The van der Waals surface area contributed by atoms with Crippen molar-refractivity contribution in [1.29, 1.82) is 0 Å². The summed E-state index contributed by atoms with van der Waals surface area (Å²) >= 11 is 0. The maximum absolute atomic E-state index is 13.4. The van der Waals surface area contributed by atoms with Crippen molar-refractivity contribution in [2.45, 2.75) is 26.3 Å². The Labute approximate surface area is 204 Å². The number of rotatable bonds is 6. The van der Waals surface area contributed by atoms with E-state index in [1.165, 1.54) is 0 Å². The molecule has 0 saturated heterocycles. The third-order valence-corrected chi connectivity index (χ3v) is 6.08. The number of hydrogen-bond donors (Lipinski definition) is 1. The number of nitrogens with zero attached hydrogens (tertiary/aromatic N) is 2. The van der Waals surface area contributed by atoms with E-state index >= 15 is 0 Å². The van der Waals surface area contributed by atoms with Gasteiger partial charge in [-0.25, -0.2) is 4.79 Å². The van der Waals surface area contributed by atoms with Crippen molar-refractivity contribution in [2.24, 2.45) is 0 Å². The van der Waals surface area contributed by atoms with Crippen LogP contribution in [-0.2, 0) is 4.74 Å². The van der Waals surface area contributed by atoms with Crippen molar-refractivity contribution >= 4 is 11.8 Å². The summed E-state index contributed by atoms with van der Waals surface area (Å²) in [5, 5.41) is 12.7. The molecule has 1 atom stereocenters. The maximum atomic E-state index is 13.4. The lowest BCUT2D eigenvalue weighted by molar-refractivity contribution is 0.0527. The van der Waals surface area contributed by atoms with E-state index in [4.69, 9.17) is 9.47 Å². The van der Waals surface area contributed by atoms with Crippen LogP contribution in [0.4, 0.5) is 5.82 Å². The molecule has 1 aliphatic rings. The molecule has 0 aliphatic carbocycles. The number of esters is 1. The van der Waals surface area contributed by atoms with Crippen molar-refractivity contribution in [1.82, 2.24) is 10.2 Å². The molecule has 5 rings (SSSR count). The van der Waals surface area contributed by atoms with Crippen molar-refractivity contribution in [3.8, 4) is 28.1 Å². The van der Waals surface area contributed by atoms with Gasteiger partial charge in [0.25, 0.3) is 0 Å². The first-order chi connectivity index (χ1) is 17.2. The summed E-state index contributed by atoms with van der Waals surface area (Å²) in [5.41, 5.74) is 5.65. The highest BCUT2D eigenvalue weighted by molar-refractivity contribution is 6.05. The van der Waals surface area contributed by atoms with Crippen molar-refractivity contribution in [3.05, 3.63) is 95.6 Å². The number of fused-ring (bicyclic) bond motifs is 1. The van der Waals surface area contributed by atoms with Crippen molar-refractivity contribution in [3.63, 3.8) is 0 Å². The van der Waals surface area contributed by atoms with Crippen LogP contribution < -0.4 is 10.1 Å². The van der Waals surface area contributed by atoms with Gasteiger partial charge in [0.2, 0.25) is 0 Å². The predicted molar refractivity (Wildman–Crippen MR) is 137 cm³/mol. The molecule has 3 aromatic carbocycles. The van der Waals surface area contributed by atoms with Crippen LogP contribution in [0.5, 0.6) is 5.75 Å². The van der Waals surface area contributed by atoms with Crippen molar-refractivity contribution in [2.75, 3.05) is 18.5 Å². The van der Waals surface area contributed by atoms with E-state index in [0.717, 1.165) is 34.4 Å². The van der Waals surface area contributed by atoms with Crippen LogP contribution >= 0.6 is 0 Å². The van der Waals surface area contributed by atoms with Gasteiger partial charge in [-0.1, -0.05) is 78.4 Å². The molecule has 4 aromatic rings. The topological polar surface area (TPSA) is 73.3 Å². The van der Waals surface area contributed by atoms with E-state index in [-0.39, 0.29) is 12.6 Å². The van der Waals surface area contributed by atoms with Gasteiger partial charge in [0.05, 0.1) is 19.3 Å². The molecule has 1 N–H and O–H groups in total. The van der Waals surface area contributed by atoms with E-state index in [1.54, 1.807) is 6.92 Å². The number of aromatic nitrogens is 2. The molecule has 176 valence electrons. The molecule has 6 heteroatoms. The Morgan fingerprint density at radius 2 is 1.71 bits per heavy atom. The van der Waals surface area contributed by atoms with Gasteiger partial charge in [-0.3, -0.25) is 0 Å². The molecule has 1 aliphatic heterocycles. The number of hydrogen-bond acceptors (Lipinski definition) is 6. The molecule has 6 nitrogen and oxygen atoms in total. The Balaban J connectivity index is 1.69. The van der Waals surface area contributed by atoms with E-state index in [2.05, 4.69) is 28.5 Å². The minimum Gasteiger partial charge on any atom is -0.493 e. The second-order valence-corrected chi connectivity index (χ2v) is 8.48. The average Bonchev–Trinajstić information content (AvgIpc) is 2.90. The quantitative estimate of drug-likeness (QED) is 0.340. The van der Waals surface area contributed by atoms with Gasteiger partial charge in [0.15, 0.2) is 5.82 Å². The van der Waals surface area contributed by atoms with Crippen LogP contribution in [0, 0.1) is 6.92 Å². The molecule has 0 radical (unpaired) electrons. The van der Waals surface area contributed by atoms with Gasteiger partial charge in [0.1, 0.15) is 17.0 Å². The maximum Gasteiger partial charge on any atom is 0.342 e.